The fraction of sp³-hybridized carbons (Fsp3) is 0.235. The molecule has 3 aromatic rings. The van der Waals surface area contributed by atoms with Crippen molar-refractivity contribution in [2.75, 3.05) is 11.9 Å². The van der Waals surface area contributed by atoms with Gasteiger partial charge in [0.2, 0.25) is 0 Å². The summed E-state index contributed by atoms with van der Waals surface area (Å²) in [5.41, 5.74) is 2.67. The van der Waals surface area contributed by atoms with Crippen LogP contribution >= 0.6 is 0 Å². The minimum atomic E-state index is -0.790. The number of rotatable bonds is 5. The molecule has 3 rings (SSSR count). The summed E-state index contributed by atoms with van der Waals surface area (Å²) in [5, 5.41) is 3.58. The van der Waals surface area contributed by atoms with Crippen LogP contribution in [-0.4, -0.2) is 21.5 Å². The molecule has 0 bridgehead atoms. The van der Waals surface area contributed by atoms with Gasteiger partial charge in [0, 0.05) is 6.54 Å². The van der Waals surface area contributed by atoms with Crippen molar-refractivity contribution in [3.8, 4) is 0 Å². The minimum absolute atomic E-state index is 0.0365. The van der Waals surface area contributed by atoms with Crippen LogP contribution in [0.1, 0.15) is 17.0 Å². The first-order chi connectivity index (χ1) is 11.2. The van der Waals surface area contributed by atoms with Crippen molar-refractivity contribution in [1.29, 1.82) is 0 Å². The molecule has 0 atom stereocenters. The molecule has 0 saturated heterocycles. The van der Waals surface area contributed by atoms with Crippen LogP contribution < -0.4 is 5.32 Å². The van der Waals surface area contributed by atoms with E-state index in [0.717, 1.165) is 12.6 Å². The Kier molecular flexibility index (Phi) is 4.41. The van der Waals surface area contributed by atoms with E-state index in [4.69, 9.17) is 0 Å². The lowest BCUT2D eigenvalue weighted by Gasteiger charge is -2.10. The molecule has 6 heteroatoms. The SMILES string of the molecule is Cc1ccc(CCNc2nc(CF)nc3ncc(F)cc23)cc1. The van der Waals surface area contributed by atoms with Crippen LogP contribution in [0.2, 0.25) is 0 Å². The highest BCUT2D eigenvalue weighted by Crippen LogP contribution is 2.20. The molecule has 0 aliphatic carbocycles. The van der Waals surface area contributed by atoms with Crippen LogP contribution in [0.3, 0.4) is 0 Å². The highest BCUT2D eigenvalue weighted by atomic mass is 19.1. The lowest BCUT2D eigenvalue weighted by molar-refractivity contribution is 0.466. The number of hydrogen-bond acceptors (Lipinski definition) is 4. The summed E-state index contributed by atoms with van der Waals surface area (Å²) in [6, 6.07) is 9.52. The zero-order chi connectivity index (χ0) is 16.2. The Morgan fingerprint density at radius 1 is 1.13 bits per heavy atom. The van der Waals surface area contributed by atoms with Gasteiger partial charge in [-0.3, -0.25) is 0 Å². The summed E-state index contributed by atoms with van der Waals surface area (Å²) in [6.45, 7) is 1.84. The number of alkyl halides is 1. The Labute approximate surface area is 132 Å². The largest absolute Gasteiger partial charge is 0.369 e. The van der Waals surface area contributed by atoms with E-state index in [-0.39, 0.29) is 11.5 Å². The summed E-state index contributed by atoms with van der Waals surface area (Å²) in [4.78, 5) is 12.0. The predicted octanol–water partition coefficient (Wildman–Crippen LogP) is 3.60. The fourth-order valence-corrected chi connectivity index (χ4v) is 2.31. The lowest BCUT2D eigenvalue weighted by Crippen LogP contribution is -2.09. The molecule has 0 unspecified atom stereocenters. The zero-order valence-corrected chi connectivity index (χ0v) is 12.7. The molecular weight excluding hydrogens is 298 g/mol. The van der Waals surface area contributed by atoms with E-state index in [0.29, 0.717) is 17.7 Å². The van der Waals surface area contributed by atoms with Crippen molar-refractivity contribution in [3.63, 3.8) is 0 Å². The normalized spacial score (nSPS) is 10.9. The van der Waals surface area contributed by atoms with E-state index in [1.807, 2.05) is 6.92 Å². The average molecular weight is 314 g/mol. The predicted molar refractivity (Wildman–Crippen MR) is 85.5 cm³/mol. The molecule has 1 N–H and O–H groups in total. The maximum absolute atomic E-state index is 13.4. The van der Waals surface area contributed by atoms with Crippen molar-refractivity contribution < 1.29 is 8.78 Å². The number of benzene rings is 1. The molecule has 0 amide bonds. The standard InChI is InChI=1S/C17H16F2N4/c1-11-2-4-12(5-3-11)6-7-20-16-14-8-13(19)10-21-17(14)23-15(9-18)22-16/h2-5,8,10H,6-7,9H2,1H3,(H,20,21,22,23). The highest BCUT2D eigenvalue weighted by molar-refractivity contribution is 5.86. The molecule has 4 nitrogen and oxygen atoms in total. The van der Waals surface area contributed by atoms with E-state index >= 15 is 0 Å². The second kappa shape index (κ2) is 6.64. The minimum Gasteiger partial charge on any atom is -0.369 e. The van der Waals surface area contributed by atoms with E-state index in [2.05, 4.69) is 44.5 Å². The smallest absolute Gasteiger partial charge is 0.165 e. The van der Waals surface area contributed by atoms with Gasteiger partial charge in [-0.1, -0.05) is 29.8 Å². The van der Waals surface area contributed by atoms with E-state index in [1.54, 1.807) is 0 Å². The fourth-order valence-electron chi connectivity index (χ4n) is 2.31. The first kappa shape index (κ1) is 15.3. The molecule has 0 aliphatic heterocycles. The number of nitrogens with zero attached hydrogens (tertiary/aromatic N) is 3. The van der Waals surface area contributed by atoms with Crippen LogP contribution in [0.25, 0.3) is 11.0 Å². The monoisotopic (exact) mass is 314 g/mol. The van der Waals surface area contributed by atoms with Gasteiger partial charge >= 0.3 is 0 Å². The third-order valence-corrected chi connectivity index (χ3v) is 3.51. The molecule has 0 spiro atoms. The third kappa shape index (κ3) is 3.59. The van der Waals surface area contributed by atoms with Gasteiger partial charge < -0.3 is 5.32 Å². The van der Waals surface area contributed by atoms with Gasteiger partial charge in [0.15, 0.2) is 11.5 Å². The number of aryl methyl sites for hydroxylation is 1. The molecule has 2 aromatic heterocycles. The summed E-state index contributed by atoms with van der Waals surface area (Å²) >= 11 is 0. The second-order valence-electron chi connectivity index (χ2n) is 5.31. The summed E-state index contributed by atoms with van der Waals surface area (Å²) in [7, 11) is 0. The van der Waals surface area contributed by atoms with Gasteiger partial charge in [-0.2, -0.15) is 0 Å². The molecule has 2 heterocycles. The van der Waals surface area contributed by atoms with Gasteiger partial charge in [-0.15, -0.1) is 0 Å². The van der Waals surface area contributed by atoms with Crippen LogP contribution in [0, 0.1) is 12.7 Å². The van der Waals surface area contributed by atoms with Crippen LogP contribution in [0.5, 0.6) is 0 Å². The lowest BCUT2D eigenvalue weighted by atomic mass is 10.1. The molecule has 0 aliphatic rings. The Bertz CT molecular complexity index is 819. The van der Waals surface area contributed by atoms with E-state index in [1.165, 1.54) is 17.2 Å². The zero-order valence-electron chi connectivity index (χ0n) is 12.7. The third-order valence-electron chi connectivity index (χ3n) is 3.51. The Morgan fingerprint density at radius 2 is 1.91 bits per heavy atom. The number of anilines is 1. The van der Waals surface area contributed by atoms with Gasteiger partial charge in [0.05, 0.1) is 11.6 Å². The van der Waals surface area contributed by atoms with Crippen molar-refractivity contribution in [2.24, 2.45) is 0 Å². The topological polar surface area (TPSA) is 50.7 Å². The number of pyridine rings is 1. The van der Waals surface area contributed by atoms with Crippen LogP contribution in [0.4, 0.5) is 14.6 Å². The molecule has 0 saturated carbocycles. The first-order valence-electron chi connectivity index (χ1n) is 7.33. The van der Waals surface area contributed by atoms with Gasteiger partial charge in [-0.25, -0.2) is 23.7 Å². The average Bonchev–Trinajstić information content (AvgIpc) is 2.56. The Balaban J connectivity index is 1.80. The van der Waals surface area contributed by atoms with Gasteiger partial charge in [-0.05, 0) is 25.0 Å². The number of fused-ring (bicyclic) bond motifs is 1. The molecule has 1 aromatic carbocycles. The Hall–Kier alpha value is -2.63. The summed E-state index contributed by atoms with van der Waals surface area (Å²) in [6.07, 6.45) is 1.84. The maximum atomic E-state index is 13.4. The van der Waals surface area contributed by atoms with Crippen molar-refractivity contribution >= 4 is 16.9 Å². The molecule has 23 heavy (non-hydrogen) atoms. The van der Waals surface area contributed by atoms with E-state index in [9.17, 15) is 8.78 Å². The van der Waals surface area contributed by atoms with E-state index < -0.39 is 12.5 Å². The second-order valence-corrected chi connectivity index (χ2v) is 5.31. The van der Waals surface area contributed by atoms with Crippen LogP contribution in [0.15, 0.2) is 36.5 Å². The molecule has 118 valence electrons. The van der Waals surface area contributed by atoms with Gasteiger partial charge in [0.1, 0.15) is 18.3 Å². The summed E-state index contributed by atoms with van der Waals surface area (Å²) < 4.78 is 26.3. The quantitative estimate of drug-likeness (QED) is 0.782. The number of halogens is 2. The van der Waals surface area contributed by atoms with Crippen molar-refractivity contribution in [3.05, 3.63) is 59.3 Å². The Morgan fingerprint density at radius 3 is 2.65 bits per heavy atom. The number of aromatic nitrogens is 3. The van der Waals surface area contributed by atoms with Gasteiger partial charge in [0.25, 0.3) is 0 Å². The highest BCUT2D eigenvalue weighted by Gasteiger charge is 2.09. The maximum Gasteiger partial charge on any atom is 0.165 e. The first-order valence-corrected chi connectivity index (χ1v) is 7.33. The number of nitrogens with one attached hydrogen (secondary N) is 1. The van der Waals surface area contributed by atoms with Crippen molar-refractivity contribution in [1.82, 2.24) is 15.0 Å². The van der Waals surface area contributed by atoms with Crippen molar-refractivity contribution in [2.45, 2.75) is 20.0 Å². The summed E-state index contributed by atoms with van der Waals surface area (Å²) in [5.74, 6) is -0.0353. The molecular formula is C17H16F2N4. The molecule has 0 fully saturated rings. The molecule has 0 radical (unpaired) electrons. The number of hydrogen-bond donors (Lipinski definition) is 1. The van der Waals surface area contributed by atoms with Crippen LogP contribution in [-0.2, 0) is 13.1 Å².